The number of benzene rings is 2. The molecule has 1 aliphatic rings. The molecule has 2 aromatic carbocycles. The van der Waals surface area contributed by atoms with Crippen molar-refractivity contribution in [2.75, 3.05) is 32.8 Å². The molecule has 33 heavy (non-hydrogen) atoms. The molecule has 2 aromatic rings. The van der Waals surface area contributed by atoms with E-state index in [1.807, 2.05) is 11.8 Å². The van der Waals surface area contributed by atoms with E-state index in [2.05, 4.69) is 10.1 Å². The first-order chi connectivity index (χ1) is 15.6. The number of alkyl halides is 3. The van der Waals surface area contributed by atoms with E-state index in [-0.39, 0.29) is 24.3 Å². The van der Waals surface area contributed by atoms with Crippen LogP contribution in [0.2, 0.25) is 5.02 Å². The first-order valence-electron chi connectivity index (χ1n) is 10.4. The van der Waals surface area contributed by atoms with E-state index in [1.165, 1.54) is 36.4 Å². The minimum atomic E-state index is -4.39. The predicted octanol–water partition coefficient (Wildman–Crippen LogP) is 4.75. The number of amides is 1. The minimum absolute atomic E-state index is 0.0467. The number of rotatable bonds is 8. The molecule has 1 N–H and O–H groups in total. The van der Waals surface area contributed by atoms with Crippen molar-refractivity contribution < 1.29 is 31.8 Å². The van der Waals surface area contributed by atoms with Crippen molar-refractivity contribution in [3.05, 3.63) is 70.0 Å². The first-order valence-corrected chi connectivity index (χ1v) is 10.8. The van der Waals surface area contributed by atoms with Crippen molar-refractivity contribution in [3.8, 4) is 0 Å². The number of halogens is 5. The van der Waals surface area contributed by atoms with Crippen molar-refractivity contribution >= 4 is 17.5 Å². The number of ether oxygens (including phenoxy) is 2. The van der Waals surface area contributed by atoms with Crippen LogP contribution in [0.5, 0.6) is 0 Å². The lowest BCUT2D eigenvalue weighted by molar-refractivity contribution is -0.176. The molecular formula is C23H25ClF4N2O3. The molecule has 1 amide bonds. The van der Waals surface area contributed by atoms with Crippen LogP contribution in [0.3, 0.4) is 0 Å². The maximum absolute atomic E-state index is 14.7. The summed E-state index contributed by atoms with van der Waals surface area (Å²) >= 11 is 6.31. The molecule has 0 radical (unpaired) electrons. The van der Waals surface area contributed by atoms with Gasteiger partial charge in [0.2, 0.25) is 0 Å². The summed E-state index contributed by atoms with van der Waals surface area (Å²) in [6.45, 7) is 2.07. The van der Waals surface area contributed by atoms with E-state index in [0.29, 0.717) is 36.4 Å². The van der Waals surface area contributed by atoms with Gasteiger partial charge in [-0.2, -0.15) is 13.2 Å². The normalized spacial score (nSPS) is 18.2. The Morgan fingerprint density at radius 1 is 1.27 bits per heavy atom. The second kappa shape index (κ2) is 11.3. The molecule has 0 bridgehead atoms. The van der Waals surface area contributed by atoms with Crippen LogP contribution in [-0.2, 0) is 16.1 Å². The molecular weight excluding hydrogens is 464 g/mol. The second-order valence-electron chi connectivity index (χ2n) is 7.84. The van der Waals surface area contributed by atoms with Gasteiger partial charge in [0.25, 0.3) is 5.91 Å². The van der Waals surface area contributed by atoms with Gasteiger partial charge in [-0.05, 0) is 36.8 Å². The number of carbonyl (C=O) groups excluding carboxylic acids is 1. The number of nitrogens with one attached hydrogen (secondary N) is 1. The Morgan fingerprint density at radius 2 is 2.00 bits per heavy atom. The van der Waals surface area contributed by atoms with E-state index < -0.39 is 30.5 Å². The lowest BCUT2D eigenvalue weighted by Crippen LogP contribution is -2.47. The summed E-state index contributed by atoms with van der Waals surface area (Å²) < 4.78 is 61.4. The zero-order valence-corrected chi connectivity index (χ0v) is 18.8. The fourth-order valence-electron chi connectivity index (χ4n) is 3.70. The SMILES string of the molecule is C[C@H]1CN([C@@H](CNC(=O)c2ccc(COCC(F)(F)F)cc2)c2c(F)cccc2Cl)CCO1. The molecule has 5 nitrogen and oxygen atoms in total. The zero-order chi connectivity index (χ0) is 24.0. The van der Waals surface area contributed by atoms with Crippen molar-refractivity contribution in [2.24, 2.45) is 0 Å². The summed E-state index contributed by atoms with van der Waals surface area (Å²) in [5.74, 6) is -0.847. The molecule has 0 saturated carbocycles. The quantitative estimate of drug-likeness (QED) is 0.545. The molecule has 10 heteroatoms. The maximum Gasteiger partial charge on any atom is 0.411 e. The molecule has 1 aliphatic heterocycles. The smallest absolute Gasteiger partial charge is 0.376 e. The Balaban J connectivity index is 1.67. The maximum atomic E-state index is 14.7. The molecule has 3 rings (SSSR count). The van der Waals surface area contributed by atoms with Crippen LogP contribution >= 0.6 is 11.6 Å². The van der Waals surface area contributed by atoms with Gasteiger partial charge in [0, 0.05) is 35.8 Å². The number of carbonyl (C=O) groups is 1. The minimum Gasteiger partial charge on any atom is -0.376 e. The van der Waals surface area contributed by atoms with E-state index in [1.54, 1.807) is 6.07 Å². The monoisotopic (exact) mass is 488 g/mol. The number of nitrogens with zero attached hydrogens (tertiary/aromatic N) is 1. The van der Waals surface area contributed by atoms with Crippen LogP contribution in [0.15, 0.2) is 42.5 Å². The molecule has 1 saturated heterocycles. The third-order valence-electron chi connectivity index (χ3n) is 5.25. The summed E-state index contributed by atoms with van der Waals surface area (Å²) in [6, 6.07) is 10.0. The fourth-order valence-corrected chi connectivity index (χ4v) is 3.99. The van der Waals surface area contributed by atoms with Gasteiger partial charge in [-0.3, -0.25) is 9.69 Å². The standard InChI is InChI=1S/C23H25ClF4N2O3/c1-15-12-30(9-10-33-15)20(21-18(24)3-2-4-19(21)25)11-29-22(31)17-7-5-16(6-8-17)13-32-14-23(26,27)28/h2-8,15,20H,9-14H2,1H3,(H,29,31)/t15-,20-/m0/s1. The largest absolute Gasteiger partial charge is 0.411 e. The molecule has 0 unspecified atom stereocenters. The van der Waals surface area contributed by atoms with Crippen LogP contribution in [-0.4, -0.2) is 55.9 Å². The average molecular weight is 489 g/mol. The van der Waals surface area contributed by atoms with E-state index in [0.717, 1.165) is 0 Å². The highest BCUT2D eigenvalue weighted by atomic mass is 35.5. The van der Waals surface area contributed by atoms with Gasteiger partial charge in [-0.1, -0.05) is 29.8 Å². The molecule has 2 atom stereocenters. The molecule has 0 aliphatic carbocycles. The van der Waals surface area contributed by atoms with Crippen molar-refractivity contribution in [2.45, 2.75) is 31.9 Å². The highest BCUT2D eigenvalue weighted by Crippen LogP contribution is 2.31. The van der Waals surface area contributed by atoms with Gasteiger partial charge in [-0.25, -0.2) is 4.39 Å². The highest BCUT2D eigenvalue weighted by Gasteiger charge is 2.30. The topological polar surface area (TPSA) is 50.8 Å². The average Bonchev–Trinajstić information content (AvgIpc) is 2.75. The molecule has 0 spiro atoms. The van der Waals surface area contributed by atoms with Gasteiger partial charge in [0.15, 0.2) is 0 Å². The fraction of sp³-hybridized carbons (Fsp3) is 0.435. The number of hydrogen-bond acceptors (Lipinski definition) is 4. The molecule has 1 heterocycles. The molecule has 1 fully saturated rings. The number of hydrogen-bond donors (Lipinski definition) is 1. The summed E-state index contributed by atoms with van der Waals surface area (Å²) in [7, 11) is 0. The zero-order valence-electron chi connectivity index (χ0n) is 18.0. The summed E-state index contributed by atoms with van der Waals surface area (Å²) in [6.07, 6.45) is -4.44. The third kappa shape index (κ3) is 7.40. The summed E-state index contributed by atoms with van der Waals surface area (Å²) in [5.41, 5.74) is 1.14. The van der Waals surface area contributed by atoms with Crippen LogP contribution in [0.1, 0.15) is 34.5 Å². The lowest BCUT2D eigenvalue weighted by Gasteiger charge is -2.38. The molecule has 180 valence electrons. The van der Waals surface area contributed by atoms with Crippen LogP contribution in [0.25, 0.3) is 0 Å². The van der Waals surface area contributed by atoms with Gasteiger partial charge < -0.3 is 14.8 Å². The van der Waals surface area contributed by atoms with Crippen molar-refractivity contribution in [1.82, 2.24) is 10.2 Å². The Bertz CT molecular complexity index is 920. The summed E-state index contributed by atoms with van der Waals surface area (Å²) in [5, 5.41) is 3.09. The Hall–Kier alpha value is -2.20. The Kier molecular flexibility index (Phi) is 8.69. The van der Waals surface area contributed by atoms with Crippen molar-refractivity contribution in [3.63, 3.8) is 0 Å². The van der Waals surface area contributed by atoms with Crippen molar-refractivity contribution in [1.29, 1.82) is 0 Å². The van der Waals surface area contributed by atoms with Gasteiger partial charge in [-0.15, -0.1) is 0 Å². The summed E-state index contributed by atoms with van der Waals surface area (Å²) in [4.78, 5) is 14.7. The van der Waals surface area contributed by atoms with E-state index in [9.17, 15) is 22.4 Å². The Labute approximate surface area is 194 Å². The Morgan fingerprint density at radius 3 is 2.64 bits per heavy atom. The number of morpholine rings is 1. The molecule has 0 aromatic heterocycles. The predicted molar refractivity (Wildman–Crippen MR) is 116 cm³/mol. The van der Waals surface area contributed by atoms with Gasteiger partial charge >= 0.3 is 6.18 Å². The first kappa shape index (κ1) is 25.4. The lowest BCUT2D eigenvalue weighted by atomic mass is 10.0. The van der Waals surface area contributed by atoms with E-state index >= 15 is 0 Å². The second-order valence-corrected chi connectivity index (χ2v) is 8.25. The van der Waals surface area contributed by atoms with Crippen LogP contribution in [0, 0.1) is 5.82 Å². The van der Waals surface area contributed by atoms with E-state index in [4.69, 9.17) is 16.3 Å². The van der Waals surface area contributed by atoms with Gasteiger partial charge in [0.05, 0.1) is 25.4 Å². The van der Waals surface area contributed by atoms with Gasteiger partial charge in [0.1, 0.15) is 12.4 Å². The highest BCUT2D eigenvalue weighted by molar-refractivity contribution is 6.31. The third-order valence-corrected chi connectivity index (χ3v) is 5.58. The van der Waals surface area contributed by atoms with Crippen LogP contribution < -0.4 is 5.32 Å². The van der Waals surface area contributed by atoms with Crippen LogP contribution in [0.4, 0.5) is 17.6 Å².